The minimum atomic E-state index is -0.620. The number of hydrogen-bond acceptors (Lipinski definition) is 6. The van der Waals surface area contributed by atoms with Crippen LogP contribution in [0, 0.1) is 0 Å². The van der Waals surface area contributed by atoms with Crippen LogP contribution in [-0.4, -0.2) is 28.3 Å². The highest BCUT2D eigenvalue weighted by atomic mass is 35.5. The van der Waals surface area contributed by atoms with Crippen LogP contribution in [0.25, 0.3) is 0 Å². The third-order valence-electron chi connectivity index (χ3n) is 4.21. The summed E-state index contributed by atoms with van der Waals surface area (Å²) in [5.41, 5.74) is 7.70. The summed E-state index contributed by atoms with van der Waals surface area (Å²) in [5.74, 6) is -0.199. The predicted octanol–water partition coefficient (Wildman–Crippen LogP) is 4.09. The number of carbonyl (C=O) groups is 2. The standard InChI is InChI=1S/C21H21ClN6O2/c1-3-28(15-7-5-4-6-8-15)20-16(19(23)30)12-24-21(27-20)26-14-9-10-17(22)18(11-14)25-13(2)29/h4-12H,3H2,1-2H3,(H2,23,30)(H,25,29)(H,24,26,27). The van der Waals surface area contributed by atoms with Gasteiger partial charge in [0, 0.05) is 31.0 Å². The molecule has 4 N–H and O–H groups in total. The summed E-state index contributed by atoms with van der Waals surface area (Å²) >= 11 is 6.12. The summed E-state index contributed by atoms with van der Waals surface area (Å²) in [4.78, 5) is 33.9. The zero-order valence-corrected chi connectivity index (χ0v) is 17.3. The quantitative estimate of drug-likeness (QED) is 0.526. The number of para-hydroxylation sites is 1. The zero-order valence-electron chi connectivity index (χ0n) is 16.5. The summed E-state index contributed by atoms with van der Waals surface area (Å²) in [5, 5.41) is 6.14. The van der Waals surface area contributed by atoms with Crippen molar-refractivity contribution in [3.8, 4) is 0 Å². The van der Waals surface area contributed by atoms with E-state index in [1.54, 1.807) is 18.2 Å². The number of hydrogen-bond donors (Lipinski definition) is 3. The molecule has 0 atom stereocenters. The van der Waals surface area contributed by atoms with Crippen LogP contribution in [0.4, 0.5) is 28.8 Å². The van der Waals surface area contributed by atoms with Crippen molar-refractivity contribution >= 4 is 52.2 Å². The molecule has 2 amide bonds. The van der Waals surface area contributed by atoms with Gasteiger partial charge in [-0.2, -0.15) is 4.98 Å². The molecular weight excluding hydrogens is 404 g/mol. The second kappa shape index (κ2) is 9.23. The number of nitrogens with zero attached hydrogens (tertiary/aromatic N) is 3. The Labute approximate surface area is 179 Å². The molecule has 2 aromatic carbocycles. The van der Waals surface area contributed by atoms with Crippen LogP contribution in [0.3, 0.4) is 0 Å². The number of halogens is 1. The lowest BCUT2D eigenvalue weighted by Gasteiger charge is -2.24. The van der Waals surface area contributed by atoms with Gasteiger partial charge < -0.3 is 21.3 Å². The van der Waals surface area contributed by atoms with Gasteiger partial charge in [0.25, 0.3) is 5.91 Å². The number of primary amides is 1. The molecule has 154 valence electrons. The van der Waals surface area contributed by atoms with Crippen LogP contribution in [0.5, 0.6) is 0 Å². The first-order chi connectivity index (χ1) is 14.4. The highest BCUT2D eigenvalue weighted by molar-refractivity contribution is 6.33. The van der Waals surface area contributed by atoms with Crippen LogP contribution in [0.2, 0.25) is 5.02 Å². The van der Waals surface area contributed by atoms with Crippen molar-refractivity contribution in [2.45, 2.75) is 13.8 Å². The largest absolute Gasteiger partial charge is 0.365 e. The van der Waals surface area contributed by atoms with Gasteiger partial charge in [0.05, 0.1) is 10.7 Å². The monoisotopic (exact) mass is 424 g/mol. The smallest absolute Gasteiger partial charge is 0.254 e. The van der Waals surface area contributed by atoms with Gasteiger partial charge in [0.2, 0.25) is 11.9 Å². The second-order valence-corrected chi connectivity index (χ2v) is 6.78. The number of nitrogens with two attached hydrogens (primary N) is 1. The van der Waals surface area contributed by atoms with Crippen molar-refractivity contribution in [3.05, 3.63) is 65.3 Å². The van der Waals surface area contributed by atoms with Gasteiger partial charge in [0.1, 0.15) is 5.56 Å². The van der Waals surface area contributed by atoms with Gasteiger partial charge in [-0.1, -0.05) is 29.8 Å². The molecule has 9 heteroatoms. The maximum Gasteiger partial charge on any atom is 0.254 e. The Morgan fingerprint density at radius 3 is 2.53 bits per heavy atom. The van der Waals surface area contributed by atoms with E-state index in [1.165, 1.54) is 13.1 Å². The molecule has 0 aliphatic rings. The number of carbonyl (C=O) groups excluding carboxylic acids is 2. The van der Waals surface area contributed by atoms with E-state index in [0.717, 1.165) is 5.69 Å². The Balaban J connectivity index is 1.99. The van der Waals surface area contributed by atoms with Gasteiger partial charge in [-0.3, -0.25) is 9.59 Å². The minimum Gasteiger partial charge on any atom is -0.365 e. The van der Waals surface area contributed by atoms with E-state index in [-0.39, 0.29) is 17.4 Å². The molecule has 30 heavy (non-hydrogen) atoms. The molecular formula is C21H21ClN6O2. The van der Waals surface area contributed by atoms with Crippen molar-refractivity contribution in [1.82, 2.24) is 9.97 Å². The Kier molecular flexibility index (Phi) is 6.48. The normalized spacial score (nSPS) is 10.4. The lowest BCUT2D eigenvalue weighted by Crippen LogP contribution is -2.24. The van der Waals surface area contributed by atoms with E-state index in [1.807, 2.05) is 42.2 Å². The number of benzene rings is 2. The van der Waals surface area contributed by atoms with Gasteiger partial charge in [-0.05, 0) is 37.3 Å². The fraction of sp³-hybridized carbons (Fsp3) is 0.143. The zero-order chi connectivity index (χ0) is 21.7. The number of anilines is 5. The van der Waals surface area contributed by atoms with Crippen molar-refractivity contribution in [2.24, 2.45) is 5.73 Å². The number of nitrogens with one attached hydrogen (secondary N) is 2. The number of rotatable bonds is 7. The van der Waals surface area contributed by atoms with E-state index in [0.29, 0.717) is 28.8 Å². The second-order valence-electron chi connectivity index (χ2n) is 6.38. The fourth-order valence-corrected chi connectivity index (χ4v) is 3.06. The predicted molar refractivity (Wildman–Crippen MR) is 119 cm³/mol. The summed E-state index contributed by atoms with van der Waals surface area (Å²) in [7, 11) is 0. The van der Waals surface area contributed by atoms with E-state index in [4.69, 9.17) is 17.3 Å². The Bertz CT molecular complexity index is 1070. The lowest BCUT2D eigenvalue weighted by molar-refractivity contribution is -0.114. The molecule has 0 saturated heterocycles. The van der Waals surface area contributed by atoms with Crippen LogP contribution in [-0.2, 0) is 4.79 Å². The van der Waals surface area contributed by atoms with Crippen molar-refractivity contribution in [3.63, 3.8) is 0 Å². The first-order valence-electron chi connectivity index (χ1n) is 9.22. The molecule has 1 aromatic heterocycles. The Morgan fingerprint density at radius 1 is 1.17 bits per heavy atom. The molecule has 0 saturated carbocycles. The third kappa shape index (κ3) is 4.84. The van der Waals surface area contributed by atoms with Crippen LogP contribution in [0.15, 0.2) is 54.7 Å². The van der Waals surface area contributed by atoms with E-state index >= 15 is 0 Å². The molecule has 8 nitrogen and oxygen atoms in total. The Morgan fingerprint density at radius 2 is 1.90 bits per heavy atom. The van der Waals surface area contributed by atoms with Gasteiger partial charge >= 0.3 is 0 Å². The van der Waals surface area contributed by atoms with E-state index < -0.39 is 5.91 Å². The summed E-state index contributed by atoms with van der Waals surface area (Å²) in [6, 6.07) is 14.6. The lowest BCUT2D eigenvalue weighted by atomic mass is 10.2. The minimum absolute atomic E-state index is 0.210. The van der Waals surface area contributed by atoms with Crippen LogP contribution < -0.4 is 21.3 Å². The van der Waals surface area contributed by atoms with Gasteiger partial charge in [-0.15, -0.1) is 0 Å². The van der Waals surface area contributed by atoms with Crippen LogP contribution in [0.1, 0.15) is 24.2 Å². The topological polar surface area (TPSA) is 113 Å². The van der Waals surface area contributed by atoms with Crippen LogP contribution >= 0.6 is 11.6 Å². The maximum atomic E-state index is 12.0. The molecule has 0 radical (unpaired) electrons. The van der Waals surface area contributed by atoms with Gasteiger partial charge in [0.15, 0.2) is 5.82 Å². The Hall–Kier alpha value is -3.65. The molecule has 0 aliphatic heterocycles. The molecule has 3 aromatic rings. The SMILES string of the molecule is CCN(c1ccccc1)c1nc(Nc2ccc(Cl)c(NC(C)=O)c2)ncc1C(N)=O. The summed E-state index contributed by atoms with van der Waals surface area (Å²) < 4.78 is 0. The molecule has 0 spiro atoms. The number of aromatic nitrogens is 2. The first kappa shape index (κ1) is 21.1. The molecule has 1 heterocycles. The highest BCUT2D eigenvalue weighted by Crippen LogP contribution is 2.29. The van der Waals surface area contributed by atoms with Crippen molar-refractivity contribution in [1.29, 1.82) is 0 Å². The molecule has 0 fully saturated rings. The van der Waals surface area contributed by atoms with E-state index in [9.17, 15) is 9.59 Å². The highest BCUT2D eigenvalue weighted by Gasteiger charge is 2.19. The molecule has 0 bridgehead atoms. The van der Waals surface area contributed by atoms with E-state index in [2.05, 4.69) is 20.6 Å². The fourth-order valence-electron chi connectivity index (χ4n) is 2.89. The third-order valence-corrected chi connectivity index (χ3v) is 4.54. The molecule has 0 unspecified atom stereocenters. The average molecular weight is 425 g/mol. The van der Waals surface area contributed by atoms with Crippen molar-refractivity contribution < 1.29 is 9.59 Å². The first-order valence-corrected chi connectivity index (χ1v) is 9.60. The van der Waals surface area contributed by atoms with Crippen molar-refractivity contribution in [2.75, 3.05) is 22.1 Å². The maximum absolute atomic E-state index is 12.0. The molecule has 3 rings (SSSR count). The molecule has 0 aliphatic carbocycles. The number of amides is 2. The summed E-state index contributed by atoms with van der Waals surface area (Å²) in [6.07, 6.45) is 1.39. The van der Waals surface area contributed by atoms with Gasteiger partial charge in [-0.25, -0.2) is 4.98 Å². The summed E-state index contributed by atoms with van der Waals surface area (Å²) in [6.45, 7) is 3.91. The average Bonchev–Trinajstić information content (AvgIpc) is 2.71.